The number of amides is 1. The predicted octanol–water partition coefficient (Wildman–Crippen LogP) is 4.95. The van der Waals surface area contributed by atoms with Crippen LogP contribution in [0.5, 0.6) is 0 Å². The van der Waals surface area contributed by atoms with E-state index in [4.69, 9.17) is 0 Å². The summed E-state index contributed by atoms with van der Waals surface area (Å²) in [4.78, 5) is 12.6. The van der Waals surface area contributed by atoms with Gasteiger partial charge in [0.15, 0.2) is 0 Å². The molecule has 8 heteroatoms. The van der Waals surface area contributed by atoms with Gasteiger partial charge in [-0.05, 0) is 70.9 Å². The molecule has 0 unspecified atom stereocenters. The van der Waals surface area contributed by atoms with E-state index in [1.807, 2.05) is 0 Å². The summed E-state index contributed by atoms with van der Waals surface area (Å²) in [5, 5.41) is 2.69. The molecule has 0 aliphatic heterocycles. The maximum absolute atomic E-state index is 13.2. The molecule has 0 heterocycles. The van der Waals surface area contributed by atoms with Crippen LogP contribution in [0.15, 0.2) is 76.1 Å². The highest BCUT2D eigenvalue weighted by Gasteiger charge is 2.16. The van der Waals surface area contributed by atoms with Crippen LogP contribution in [0.4, 0.5) is 15.8 Å². The van der Waals surface area contributed by atoms with E-state index >= 15 is 0 Å². The Bertz CT molecular complexity index is 1140. The lowest BCUT2D eigenvalue weighted by molar-refractivity contribution is 0.102. The number of halogens is 2. The third-order valence-electron chi connectivity index (χ3n) is 3.97. The molecule has 1 amide bonds. The Labute approximate surface area is 170 Å². The van der Waals surface area contributed by atoms with E-state index in [0.29, 0.717) is 21.4 Å². The highest BCUT2D eigenvalue weighted by Crippen LogP contribution is 2.25. The number of hydrogen-bond acceptors (Lipinski definition) is 3. The second kappa shape index (κ2) is 8.12. The molecule has 0 radical (unpaired) electrons. The van der Waals surface area contributed by atoms with Crippen LogP contribution in [-0.2, 0) is 10.0 Å². The Morgan fingerprint density at radius 2 is 1.71 bits per heavy atom. The Kier molecular flexibility index (Phi) is 5.81. The van der Waals surface area contributed by atoms with Crippen LogP contribution in [0.2, 0.25) is 0 Å². The van der Waals surface area contributed by atoms with Crippen molar-refractivity contribution in [1.82, 2.24) is 0 Å². The largest absolute Gasteiger partial charge is 0.322 e. The van der Waals surface area contributed by atoms with Gasteiger partial charge in [-0.2, -0.15) is 0 Å². The van der Waals surface area contributed by atoms with Gasteiger partial charge in [-0.3, -0.25) is 9.52 Å². The number of aryl methyl sites for hydroxylation is 1. The standard InChI is InChI=1S/C20H16BrFN2O3S/c1-13-7-9-15(23-20(25)17-10-8-14(22)11-18(17)21)12-19(13)24-28(26,27)16-5-3-2-4-6-16/h2-12,24H,1H3,(H,23,25). The zero-order valence-electron chi connectivity index (χ0n) is 14.7. The number of anilines is 2. The van der Waals surface area contributed by atoms with E-state index < -0.39 is 21.7 Å². The fourth-order valence-electron chi connectivity index (χ4n) is 2.49. The predicted molar refractivity (Wildman–Crippen MR) is 110 cm³/mol. The van der Waals surface area contributed by atoms with Crippen molar-refractivity contribution in [2.75, 3.05) is 10.0 Å². The lowest BCUT2D eigenvalue weighted by Gasteiger charge is -2.13. The first kappa shape index (κ1) is 20.0. The fourth-order valence-corrected chi connectivity index (χ4v) is 4.16. The van der Waals surface area contributed by atoms with Crippen molar-refractivity contribution in [3.63, 3.8) is 0 Å². The molecule has 0 fully saturated rings. The molecule has 3 aromatic rings. The molecule has 0 aromatic heterocycles. The topological polar surface area (TPSA) is 75.3 Å². The summed E-state index contributed by atoms with van der Waals surface area (Å²) in [6.45, 7) is 1.75. The van der Waals surface area contributed by atoms with E-state index in [0.717, 1.165) is 0 Å². The Balaban J connectivity index is 1.84. The van der Waals surface area contributed by atoms with Gasteiger partial charge in [-0.1, -0.05) is 24.3 Å². The van der Waals surface area contributed by atoms with E-state index in [1.165, 1.54) is 36.4 Å². The monoisotopic (exact) mass is 462 g/mol. The van der Waals surface area contributed by atoms with Crippen molar-refractivity contribution in [3.05, 3.63) is 88.1 Å². The quantitative estimate of drug-likeness (QED) is 0.563. The van der Waals surface area contributed by atoms with Crippen LogP contribution >= 0.6 is 15.9 Å². The van der Waals surface area contributed by atoms with Crippen molar-refractivity contribution >= 4 is 43.2 Å². The number of rotatable bonds is 5. The average Bonchev–Trinajstić information content (AvgIpc) is 2.65. The average molecular weight is 463 g/mol. The first-order valence-corrected chi connectivity index (χ1v) is 10.5. The third-order valence-corrected chi connectivity index (χ3v) is 6.01. The number of carbonyl (C=O) groups is 1. The molecule has 0 saturated heterocycles. The summed E-state index contributed by atoms with van der Waals surface area (Å²) < 4.78 is 41.2. The van der Waals surface area contributed by atoms with Crippen molar-refractivity contribution in [2.45, 2.75) is 11.8 Å². The van der Waals surface area contributed by atoms with Gasteiger partial charge in [-0.25, -0.2) is 12.8 Å². The summed E-state index contributed by atoms with van der Waals surface area (Å²) in [5.74, 6) is -0.913. The number of hydrogen-bond donors (Lipinski definition) is 2. The fraction of sp³-hybridized carbons (Fsp3) is 0.0500. The molecular weight excluding hydrogens is 447 g/mol. The van der Waals surface area contributed by atoms with Gasteiger partial charge in [0.05, 0.1) is 16.1 Å². The molecule has 0 spiro atoms. The minimum atomic E-state index is -3.76. The molecule has 3 aromatic carbocycles. The summed E-state index contributed by atoms with van der Waals surface area (Å²) >= 11 is 3.16. The number of nitrogens with one attached hydrogen (secondary N) is 2. The second-order valence-electron chi connectivity index (χ2n) is 6.03. The molecule has 0 atom stereocenters. The van der Waals surface area contributed by atoms with Crippen molar-refractivity contribution in [1.29, 1.82) is 0 Å². The minimum absolute atomic E-state index is 0.138. The molecule has 0 saturated carbocycles. The van der Waals surface area contributed by atoms with Gasteiger partial charge in [0.2, 0.25) is 0 Å². The Morgan fingerprint density at radius 3 is 2.39 bits per heavy atom. The van der Waals surface area contributed by atoms with Crippen LogP contribution in [0.1, 0.15) is 15.9 Å². The summed E-state index contributed by atoms with van der Waals surface area (Å²) in [6, 6.07) is 16.6. The molecule has 0 aliphatic carbocycles. The van der Waals surface area contributed by atoms with Crippen LogP contribution in [-0.4, -0.2) is 14.3 Å². The van der Waals surface area contributed by atoms with Gasteiger partial charge >= 0.3 is 0 Å². The number of benzene rings is 3. The maximum Gasteiger partial charge on any atom is 0.261 e. The first-order chi connectivity index (χ1) is 13.3. The lowest BCUT2D eigenvalue weighted by atomic mass is 10.1. The van der Waals surface area contributed by atoms with E-state index in [-0.39, 0.29) is 10.5 Å². The minimum Gasteiger partial charge on any atom is -0.322 e. The summed E-state index contributed by atoms with van der Waals surface area (Å²) in [6.07, 6.45) is 0. The van der Waals surface area contributed by atoms with Gasteiger partial charge in [0.1, 0.15) is 5.82 Å². The van der Waals surface area contributed by atoms with Crippen LogP contribution in [0.25, 0.3) is 0 Å². The molecule has 3 rings (SSSR count). The van der Waals surface area contributed by atoms with Gasteiger partial charge in [0, 0.05) is 10.2 Å². The summed E-state index contributed by atoms with van der Waals surface area (Å²) in [5.41, 5.74) is 1.70. The van der Waals surface area contributed by atoms with Crippen LogP contribution < -0.4 is 10.0 Å². The van der Waals surface area contributed by atoms with Crippen LogP contribution in [0.3, 0.4) is 0 Å². The Hall–Kier alpha value is -2.71. The number of carbonyl (C=O) groups excluding carboxylic acids is 1. The number of sulfonamides is 1. The van der Waals surface area contributed by atoms with Crippen molar-refractivity contribution < 1.29 is 17.6 Å². The van der Waals surface area contributed by atoms with Crippen molar-refractivity contribution in [2.24, 2.45) is 0 Å². The smallest absolute Gasteiger partial charge is 0.261 e. The molecule has 5 nitrogen and oxygen atoms in total. The van der Waals surface area contributed by atoms with Crippen molar-refractivity contribution in [3.8, 4) is 0 Å². The highest BCUT2D eigenvalue weighted by molar-refractivity contribution is 9.10. The lowest BCUT2D eigenvalue weighted by Crippen LogP contribution is -2.15. The zero-order valence-corrected chi connectivity index (χ0v) is 17.1. The zero-order chi connectivity index (χ0) is 20.3. The van der Waals surface area contributed by atoms with E-state index in [9.17, 15) is 17.6 Å². The first-order valence-electron chi connectivity index (χ1n) is 8.21. The van der Waals surface area contributed by atoms with Gasteiger partial charge in [0.25, 0.3) is 15.9 Å². The molecule has 144 valence electrons. The Morgan fingerprint density at radius 1 is 1.00 bits per heavy atom. The molecule has 0 bridgehead atoms. The van der Waals surface area contributed by atoms with E-state index in [1.54, 1.807) is 37.3 Å². The second-order valence-corrected chi connectivity index (χ2v) is 8.56. The van der Waals surface area contributed by atoms with Crippen LogP contribution in [0, 0.1) is 12.7 Å². The van der Waals surface area contributed by atoms with Gasteiger partial charge < -0.3 is 5.32 Å². The maximum atomic E-state index is 13.2. The van der Waals surface area contributed by atoms with Gasteiger partial charge in [-0.15, -0.1) is 0 Å². The third kappa shape index (κ3) is 4.58. The van der Waals surface area contributed by atoms with E-state index in [2.05, 4.69) is 26.0 Å². The molecule has 28 heavy (non-hydrogen) atoms. The normalized spacial score (nSPS) is 11.1. The molecule has 2 N–H and O–H groups in total. The highest BCUT2D eigenvalue weighted by atomic mass is 79.9. The molecule has 0 aliphatic rings. The summed E-state index contributed by atoms with van der Waals surface area (Å²) in [7, 11) is -3.76. The SMILES string of the molecule is Cc1ccc(NC(=O)c2ccc(F)cc2Br)cc1NS(=O)(=O)c1ccccc1. The molecular formula is C20H16BrFN2O3S.